The molecule has 1 fully saturated rings. The molecule has 0 amide bonds. The molecule has 2 unspecified atom stereocenters. The molecule has 0 aromatic rings. The first-order valence-corrected chi connectivity index (χ1v) is 5.98. The summed E-state index contributed by atoms with van der Waals surface area (Å²) in [5.74, 6) is 8.04. The first kappa shape index (κ1) is 11.6. The van der Waals surface area contributed by atoms with Gasteiger partial charge in [-0.2, -0.15) is 0 Å². The van der Waals surface area contributed by atoms with Gasteiger partial charge in [-0.15, -0.1) is 11.8 Å². The fourth-order valence-corrected chi connectivity index (χ4v) is 2.13. The summed E-state index contributed by atoms with van der Waals surface area (Å²) >= 11 is 0. The van der Waals surface area contributed by atoms with Gasteiger partial charge in [-0.1, -0.05) is 6.92 Å². The standard InChI is InChI=1S/C13H23N/c1-3-5-6-7-12-8-9-13(12)11-14-10-4-2/h12-14H,4,6-11H2,1-2H3. The van der Waals surface area contributed by atoms with Crippen molar-refractivity contribution in [3.05, 3.63) is 0 Å². The molecule has 0 radical (unpaired) electrons. The van der Waals surface area contributed by atoms with Crippen LogP contribution < -0.4 is 5.32 Å². The summed E-state index contributed by atoms with van der Waals surface area (Å²) < 4.78 is 0. The average Bonchev–Trinajstić information content (AvgIpc) is 2.17. The molecule has 1 aliphatic carbocycles. The highest BCUT2D eigenvalue weighted by molar-refractivity contribution is 4.96. The molecule has 0 bridgehead atoms. The molecule has 0 aromatic heterocycles. The van der Waals surface area contributed by atoms with E-state index in [2.05, 4.69) is 24.1 Å². The Hall–Kier alpha value is -0.480. The maximum atomic E-state index is 3.52. The lowest BCUT2D eigenvalue weighted by Gasteiger charge is -2.36. The Morgan fingerprint density at radius 3 is 2.64 bits per heavy atom. The molecular weight excluding hydrogens is 170 g/mol. The van der Waals surface area contributed by atoms with Crippen LogP contribution in [0.1, 0.15) is 46.0 Å². The van der Waals surface area contributed by atoms with Gasteiger partial charge < -0.3 is 5.32 Å². The van der Waals surface area contributed by atoms with Crippen LogP contribution in [-0.2, 0) is 0 Å². The van der Waals surface area contributed by atoms with E-state index in [9.17, 15) is 0 Å². The Kier molecular flexibility index (Phi) is 5.71. The lowest BCUT2D eigenvalue weighted by molar-refractivity contribution is 0.162. The van der Waals surface area contributed by atoms with Crippen LogP contribution in [0.4, 0.5) is 0 Å². The molecule has 80 valence electrons. The van der Waals surface area contributed by atoms with Gasteiger partial charge in [-0.25, -0.2) is 0 Å². The average molecular weight is 193 g/mol. The van der Waals surface area contributed by atoms with E-state index in [1.54, 1.807) is 0 Å². The zero-order valence-corrected chi connectivity index (χ0v) is 9.60. The third-order valence-electron chi connectivity index (χ3n) is 3.23. The summed E-state index contributed by atoms with van der Waals surface area (Å²) in [5.41, 5.74) is 0. The second kappa shape index (κ2) is 6.90. The van der Waals surface area contributed by atoms with Gasteiger partial charge in [0.2, 0.25) is 0 Å². The molecule has 0 aliphatic heterocycles. The van der Waals surface area contributed by atoms with Crippen LogP contribution in [-0.4, -0.2) is 13.1 Å². The molecule has 0 aromatic carbocycles. The summed E-state index contributed by atoms with van der Waals surface area (Å²) in [6, 6.07) is 0. The fraction of sp³-hybridized carbons (Fsp3) is 0.846. The molecule has 1 heteroatoms. The number of rotatable bonds is 6. The van der Waals surface area contributed by atoms with Gasteiger partial charge in [0.05, 0.1) is 0 Å². The van der Waals surface area contributed by atoms with Crippen LogP contribution in [0.2, 0.25) is 0 Å². The van der Waals surface area contributed by atoms with E-state index < -0.39 is 0 Å². The second-order valence-electron chi connectivity index (χ2n) is 4.27. The van der Waals surface area contributed by atoms with Crippen LogP contribution in [0.25, 0.3) is 0 Å². The largest absolute Gasteiger partial charge is 0.316 e. The van der Waals surface area contributed by atoms with Gasteiger partial charge in [0.1, 0.15) is 0 Å². The minimum absolute atomic E-state index is 0.945. The quantitative estimate of drug-likeness (QED) is 0.505. The highest BCUT2D eigenvalue weighted by Gasteiger charge is 2.29. The van der Waals surface area contributed by atoms with Gasteiger partial charge in [0.15, 0.2) is 0 Å². The van der Waals surface area contributed by atoms with E-state index in [-0.39, 0.29) is 0 Å². The lowest BCUT2D eigenvalue weighted by Crippen LogP contribution is -2.35. The van der Waals surface area contributed by atoms with Crippen LogP contribution in [0.5, 0.6) is 0 Å². The highest BCUT2D eigenvalue weighted by atomic mass is 14.9. The van der Waals surface area contributed by atoms with Crippen molar-refractivity contribution in [2.24, 2.45) is 11.8 Å². The van der Waals surface area contributed by atoms with E-state index in [1.165, 1.54) is 38.8 Å². The van der Waals surface area contributed by atoms with Crippen LogP contribution in [0.3, 0.4) is 0 Å². The molecule has 0 heterocycles. The van der Waals surface area contributed by atoms with E-state index in [0.29, 0.717) is 0 Å². The maximum absolute atomic E-state index is 3.52. The number of hydrogen-bond donors (Lipinski definition) is 1. The summed E-state index contributed by atoms with van der Waals surface area (Å²) in [4.78, 5) is 0. The van der Waals surface area contributed by atoms with Crippen molar-refractivity contribution >= 4 is 0 Å². The van der Waals surface area contributed by atoms with Gasteiger partial charge >= 0.3 is 0 Å². The molecule has 1 nitrogen and oxygen atoms in total. The maximum Gasteiger partial charge on any atom is 0.00913 e. The fourth-order valence-electron chi connectivity index (χ4n) is 2.13. The van der Waals surface area contributed by atoms with Crippen molar-refractivity contribution in [2.75, 3.05) is 13.1 Å². The molecule has 1 saturated carbocycles. The Labute approximate surface area is 88.7 Å². The van der Waals surface area contributed by atoms with E-state index in [1.807, 2.05) is 6.92 Å². The SMILES string of the molecule is CC#CCCC1CCC1CNCCC. The van der Waals surface area contributed by atoms with E-state index >= 15 is 0 Å². The topological polar surface area (TPSA) is 12.0 Å². The number of hydrogen-bond acceptors (Lipinski definition) is 1. The molecule has 0 saturated heterocycles. The van der Waals surface area contributed by atoms with E-state index in [0.717, 1.165) is 18.3 Å². The Bertz CT molecular complexity index is 199. The van der Waals surface area contributed by atoms with Crippen molar-refractivity contribution in [1.82, 2.24) is 5.32 Å². The normalized spacial score (nSPS) is 25.0. The molecule has 14 heavy (non-hydrogen) atoms. The second-order valence-corrected chi connectivity index (χ2v) is 4.27. The minimum Gasteiger partial charge on any atom is -0.316 e. The molecule has 0 spiro atoms. The first-order valence-electron chi connectivity index (χ1n) is 5.98. The highest BCUT2D eigenvalue weighted by Crippen LogP contribution is 2.36. The summed E-state index contributed by atoms with van der Waals surface area (Å²) in [6.45, 7) is 6.57. The van der Waals surface area contributed by atoms with Gasteiger partial charge in [0, 0.05) is 6.42 Å². The predicted molar refractivity (Wildman–Crippen MR) is 62.1 cm³/mol. The lowest BCUT2D eigenvalue weighted by atomic mass is 9.71. The molecule has 1 rings (SSSR count). The first-order chi connectivity index (χ1) is 6.88. The molecule has 1 N–H and O–H groups in total. The van der Waals surface area contributed by atoms with Gasteiger partial charge in [0.25, 0.3) is 0 Å². The smallest absolute Gasteiger partial charge is 0.00913 e. The summed E-state index contributed by atoms with van der Waals surface area (Å²) in [6.07, 6.45) is 6.54. The molecule has 2 atom stereocenters. The van der Waals surface area contributed by atoms with Crippen LogP contribution in [0.15, 0.2) is 0 Å². The minimum atomic E-state index is 0.945. The predicted octanol–water partition coefficient (Wildman–Crippen LogP) is 2.82. The number of nitrogens with one attached hydrogen (secondary N) is 1. The third kappa shape index (κ3) is 3.72. The zero-order chi connectivity index (χ0) is 10.2. The van der Waals surface area contributed by atoms with Crippen LogP contribution in [0, 0.1) is 23.7 Å². The van der Waals surface area contributed by atoms with Crippen molar-refractivity contribution in [3.63, 3.8) is 0 Å². The van der Waals surface area contributed by atoms with Crippen LogP contribution >= 0.6 is 0 Å². The Balaban J connectivity index is 2.05. The van der Waals surface area contributed by atoms with Gasteiger partial charge in [-0.05, 0) is 57.5 Å². The molecule has 1 aliphatic rings. The van der Waals surface area contributed by atoms with Crippen molar-refractivity contribution in [3.8, 4) is 11.8 Å². The van der Waals surface area contributed by atoms with Crippen molar-refractivity contribution < 1.29 is 0 Å². The summed E-state index contributed by atoms with van der Waals surface area (Å²) in [5, 5.41) is 3.52. The monoisotopic (exact) mass is 193 g/mol. The Morgan fingerprint density at radius 1 is 1.29 bits per heavy atom. The summed E-state index contributed by atoms with van der Waals surface area (Å²) in [7, 11) is 0. The molecular formula is C13H23N. The zero-order valence-electron chi connectivity index (χ0n) is 9.60. The van der Waals surface area contributed by atoms with Crippen molar-refractivity contribution in [1.29, 1.82) is 0 Å². The van der Waals surface area contributed by atoms with Gasteiger partial charge in [-0.3, -0.25) is 0 Å². The third-order valence-corrected chi connectivity index (χ3v) is 3.23. The van der Waals surface area contributed by atoms with Crippen molar-refractivity contribution in [2.45, 2.75) is 46.0 Å². The Morgan fingerprint density at radius 2 is 2.07 bits per heavy atom. The van der Waals surface area contributed by atoms with E-state index in [4.69, 9.17) is 0 Å².